The smallest absolute Gasteiger partial charge is 0.101 e. The van der Waals surface area contributed by atoms with Gasteiger partial charge in [0.05, 0.1) is 6.07 Å². The zero-order valence-electron chi connectivity index (χ0n) is 9.90. The molecule has 0 saturated carbocycles. The van der Waals surface area contributed by atoms with Crippen LogP contribution < -0.4 is 5.32 Å². The Balaban J connectivity index is 2.15. The van der Waals surface area contributed by atoms with E-state index in [9.17, 15) is 5.26 Å². The summed E-state index contributed by atoms with van der Waals surface area (Å²) in [5.74, 6) is 0. The van der Waals surface area contributed by atoms with Gasteiger partial charge in [-0.05, 0) is 23.8 Å². The summed E-state index contributed by atoms with van der Waals surface area (Å²) in [6, 6.07) is 13.1. The molecule has 1 aromatic rings. The maximum absolute atomic E-state index is 9.18. The van der Waals surface area contributed by atoms with E-state index in [2.05, 4.69) is 49.5 Å². The first-order valence-corrected chi connectivity index (χ1v) is 5.84. The summed E-state index contributed by atoms with van der Waals surface area (Å²) in [5.41, 5.74) is 1.37. The Bertz CT molecular complexity index is 389. The summed E-state index contributed by atoms with van der Waals surface area (Å²) in [6.45, 7) is 4.32. The second kappa shape index (κ2) is 4.27. The monoisotopic (exact) mass is 214 g/mol. The van der Waals surface area contributed by atoms with Gasteiger partial charge in [-0.25, -0.2) is 0 Å². The highest BCUT2D eigenvalue weighted by molar-refractivity contribution is 5.21. The van der Waals surface area contributed by atoms with Crippen molar-refractivity contribution in [2.45, 2.75) is 38.8 Å². The van der Waals surface area contributed by atoms with Crippen LogP contribution in [0.2, 0.25) is 0 Å². The van der Waals surface area contributed by atoms with Crippen molar-refractivity contribution in [1.82, 2.24) is 5.32 Å². The molecule has 84 valence electrons. The fourth-order valence-corrected chi connectivity index (χ4v) is 2.33. The van der Waals surface area contributed by atoms with Gasteiger partial charge < -0.3 is 0 Å². The molecule has 1 aromatic carbocycles. The third kappa shape index (κ3) is 2.10. The van der Waals surface area contributed by atoms with E-state index >= 15 is 0 Å². The first-order chi connectivity index (χ1) is 7.63. The normalized spacial score (nSPS) is 28.3. The van der Waals surface area contributed by atoms with Gasteiger partial charge in [-0.1, -0.05) is 44.2 Å². The molecule has 0 aromatic heterocycles. The van der Waals surface area contributed by atoms with Crippen LogP contribution in [0, 0.1) is 16.7 Å². The van der Waals surface area contributed by atoms with E-state index in [-0.39, 0.29) is 11.5 Å². The summed E-state index contributed by atoms with van der Waals surface area (Å²) in [5, 5.41) is 12.6. The molecule has 0 spiro atoms. The molecule has 1 aliphatic heterocycles. The molecule has 2 unspecified atom stereocenters. The second-order valence-corrected chi connectivity index (χ2v) is 5.22. The van der Waals surface area contributed by atoms with Gasteiger partial charge in [0.15, 0.2) is 0 Å². The summed E-state index contributed by atoms with van der Waals surface area (Å²) in [6.07, 6.45) is 2.20. The van der Waals surface area contributed by atoms with Gasteiger partial charge in [0.1, 0.15) is 6.04 Å². The number of benzene rings is 1. The third-order valence-corrected chi connectivity index (χ3v) is 3.56. The zero-order chi connectivity index (χ0) is 11.6. The predicted octanol–water partition coefficient (Wildman–Crippen LogP) is 3.03. The lowest BCUT2D eigenvalue weighted by molar-refractivity contribution is 0.181. The van der Waals surface area contributed by atoms with Crippen molar-refractivity contribution in [3.63, 3.8) is 0 Å². The first-order valence-electron chi connectivity index (χ1n) is 5.84. The Kier molecular flexibility index (Phi) is 2.98. The maximum Gasteiger partial charge on any atom is 0.101 e. The molecule has 1 saturated heterocycles. The maximum atomic E-state index is 9.18. The average Bonchev–Trinajstić information content (AvgIpc) is 2.30. The van der Waals surface area contributed by atoms with Gasteiger partial charge in [0.25, 0.3) is 0 Å². The molecule has 0 amide bonds. The van der Waals surface area contributed by atoms with Gasteiger partial charge in [-0.15, -0.1) is 0 Å². The standard InChI is InChI=1S/C14H18N2/c1-14(2)9-8-12(16-13(14)10-15)11-6-4-3-5-7-11/h3-7,12-13,16H,8-9H2,1-2H3. The number of piperidine rings is 1. The van der Waals surface area contributed by atoms with Crippen molar-refractivity contribution in [3.8, 4) is 6.07 Å². The molecule has 2 nitrogen and oxygen atoms in total. The zero-order valence-corrected chi connectivity index (χ0v) is 9.90. The van der Waals surface area contributed by atoms with E-state index < -0.39 is 0 Å². The highest BCUT2D eigenvalue weighted by Gasteiger charge is 2.36. The summed E-state index contributed by atoms with van der Waals surface area (Å²) < 4.78 is 0. The van der Waals surface area contributed by atoms with E-state index in [1.54, 1.807) is 0 Å². The number of rotatable bonds is 1. The largest absolute Gasteiger partial charge is 0.295 e. The molecule has 1 fully saturated rings. The molecule has 2 heteroatoms. The summed E-state index contributed by atoms with van der Waals surface area (Å²) >= 11 is 0. The fraction of sp³-hybridized carbons (Fsp3) is 0.500. The number of nitrogens with zero attached hydrogens (tertiary/aromatic N) is 1. The van der Waals surface area contributed by atoms with Crippen LogP contribution in [-0.4, -0.2) is 6.04 Å². The molecule has 0 aliphatic carbocycles. The Morgan fingerprint density at radius 1 is 1.31 bits per heavy atom. The van der Waals surface area contributed by atoms with Crippen molar-refractivity contribution >= 4 is 0 Å². The van der Waals surface area contributed by atoms with Gasteiger partial charge in [-0.3, -0.25) is 5.32 Å². The van der Waals surface area contributed by atoms with E-state index in [1.807, 2.05) is 6.07 Å². The molecule has 0 bridgehead atoms. The van der Waals surface area contributed by atoms with Crippen LogP contribution in [0.1, 0.15) is 38.3 Å². The highest BCUT2D eigenvalue weighted by Crippen LogP contribution is 2.36. The van der Waals surface area contributed by atoms with Crippen LogP contribution in [-0.2, 0) is 0 Å². The fourth-order valence-electron chi connectivity index (χ4n) is 2.33. The topological polar surface area (TPSA) is 35.8 Å². The Labute approximate surface area is 97.3 Å². The van der Waals surface area contributed by atoms with Crippen molar-refractivity contribution in [2.24, 2.45) is 5.41 Å². The lowest BCUT2D eigenvalue weighted by Crippen LogP contribution is -2.47. The Morgan fingerprint density at radius 3 is 2.62 bits per heavy atom. The Hall–Kier alpha value is -1.33. The molecule has 16 heavy (non-hydrogen) atoms. The van der Waals surface area contributed by atoms with E-state index in [0.717, 1.165) is 12.8 Å². The minimum Gasteiger partial charge on any atom is -0.295 e. The molecular weight excluding hydrogens is 196 g/mol. The number of hydrogen-bond acceptors (Lipinski definition) is 2. The molecule has 1 heterocycles. The number of hydrogen-bond donors (Lipinski definition) is 1. The minimum absolute atomic E-state index is 0.0496. The lowest BCUT2D eigenvalue weighted by Gasteiger charge is -2.39. The molecule has 1 N–H and O–H groups in total. The molecule has 2 atom stereocenters. The average molecular weight is 214 g/mol. The van der Waals surface area contributed by atoms with E-state index in [4.69, 9.17) is 0 Å². The minimum atomic E-state index is -0.0496. The van der Waals surface area contributed by atoms with Gasteiger partial charge in [0.2, 0.25) is 0 Å². The second-order valence-electron chi connectivity index (χ2n) is 5.22. The van der Waals surface area contributed by atoms with Crippen molar-refractivity contribution in [3.05, 3.63) is 35.9 Å². The molecule has 0 radical (unpaired) electrons. The summed E-state index contributed by atoms with van der Waals surface area (Å²) in [7, 11) is 0. The third-order valence-electron chi connectivity index (χ3n) is 3.56. The number of nitriles is 1. The van der Waals surface area contributed by atoms with Gasteiger partial charge >= 0.3 is 0 Å². The lowest BCUT2D eigenvalue weighted by atomic mass is 9.75. The Morgan fingerprint density at radius 2 is 2.00 bits per heavy atom. The highest BCUT2D eigenvalue weighted by atomic mass is 15.0. The van der Waals surface area contributed by atoms with E-state index in [0.29, 0.717) is 6.04 Å². The first kappa shape index (κ1) is 11.2. The van der Waals surface area contributed by atoms with Crippen LogP contribution >= 0.6 is 0 Å². The van der Waals surface area contributed by atoms with E-state index in [1.165, 1.54) is 5.56 Å². The summed E-state index contributed by atoms with van der Waals surface area (Å²) in [4.78, 5) is 0. The quantitative estimate of drug-likeness (QED) is 0.780. The van der Waals surface area contributed by atoms with Crippen LogP contribution in [0.5, 0.6) is 0 Å². The predicted molar refractivity (Wildman–Crippen MR) is 64.7 cm³/mol. The van der Waals surface area contributed by atoms with Gasteiger partial charge in [-0.2, -0.15) is 5.26 Å². The van der Waals surface area contributed by atoms with Crippen molar-refractivity contribution in [1.29, 1.82) is 5.26 Å². The van der Waals surface area contributed by atoms with Crippen molar-refractivity contribution in [2.75, 3.05) is 0 Å². The van der Waals surface area contributed by atoms with Crippen molar-refractivity contribution < 1.29 is 0 Å². The number of nitrogens with one attached hydrogen (secondary N) is 1. The molecular formula is C14H18N2. The molecule has 1 aliphatic rings. The van der Waals surface area contributed by atoms with Crippen LogP contribution in [0.3, 0.4) is 0 Å². The van der Waals surface area contributed by atoms with Gasteiger partial charge in [0, 0.05) is 6.04 Å². The van der Waals surface area contributed by atoms with Crippen LogP contribution in [0.25, 0.3) is 0 Å². The van der Waals surface area contributed by atoms with Crippen LogP contribution in [0.4, 0.5) is 0 Å². The SMILES string of the molecule is CC1(C)CCC(c2ccccc2)NC1C#N. The molecule has 2 rings (SSSR count). The van der Waals surface area contributed by atoms with Crippen LogP contribution in [0.15, 0.2) is 30.3 Å².